The van der Waals surface area contributed by atoms with Gasteiger partial charge in [-0.05, 0) is 30.9 Å². The van der Waals surface area contributed by atoms with E-state index in [2.05, 4.69) is 29.1 Å². The lowest BCUT2D eigenvalue weighted by Gasteiger charge is -2.08. The van der Waals surface area contributed by atoms with Crippen molar-refractivity contribution in [3.8, 4) is 0 Å². The van der Waals surface area contributed by atoms with Gasteiger partial charge >= 0.3 is 0 Å². The van der Waals surface area contributed by atoms with Crippen molar-refractivity contribution in [3.63, 3.8) is 0 Å². The number of aromatic nitrogens is 2. The number of hydrogen-bond acceptors (Lipinski definition) is 6. The van der Waals surface area contributed by atoms with Gasteiger partial charge in [0.15, 0.2) is 5.17 Å². The van der Waals surface area contributed by atoms with Gasteiger partial charge in [0.1, 0.15) is 5.82 Å². The van der Waals surface area contributed by atoms with Crippen LogP contribution in [0.25, 0.3) is 0 Å². The van der Waals surface area contributed by atoms with Crippen molar-refractivity contribution < 1.29 is 4.92 Å². The second-order valence-corrected chi connectivity index (χ2v) is 7.95. The third kappa shape index (κ3) is 4.63. The molecule has 2 N–H and O–H groups in total. The van der Waals surface area contributed by atoms with Crippen LogP contribution in [0.1, 0.15) is 30.9 Å². The second kappa shape index (κ2) is 7.90. The lowest BCUT2D eigenvalue weighted by molar-refractivity contribution is -0.384. The molecule has 8 heteroatoms. The van der Waals surface area contributed by atoms with Crippen molar-refractivity contribution in [3.05, 3.63) is 51.6 Å². The molecular weight excluding hydrogens is 350 g/mol. The molecule has 0 fully saturated rings. The fourth-order valence-corrected chi connectivity index (χ4v) is 3.83. The molecule has 0 saturated heterocycles. The first-order valence-corrected chi connectivity index (χ1v) is 9.64. The number of hydrogen-bond donors (Lipinski definition) is 2. The first-order valence-electron chi connectivity index (χ1n) is 8.66. The summed E-state index contributed by atoms with van der Waals surface area (Å²) < 4.78 is 0. The number of anilines is 1. The summed E-state index contributed by atoms with van der Waals surface area (Å²) >= 11 is 1.66. The molecule has 0 unspecified atom stereocenters. The van der Waals surface area contributed by atoms with E-state index < -0.39 is 0 Å². The lowest BCUT2D eigenvalue weighted by atomic mass is 10.1. The molecule has 26 heavy (non-hydrogen) atoms. The minimum atomic E-state index is -0.383. The van der Waals surface area contributed by atoms with E-state index >= 15 is 0 Å². The number of imidazole rings is 1. The molecular formula is C18H23N5O2S. The molecule has 0 amide bonds. The van der Waals surface area contributed by atoms with Crippen LogP contribution in [0.5, 0.6) is 0 Å². The zero-order valence-electron chi connectivity index (χ0n) is 15.2. The number of rotatable bonds is 6. The number of nitro groups is 1. The highest BCUT2D eigenvalue weighted by Crippen LogP contribution is 2.26. The Labute approximate surface area is 156 Å². The molecule has 1 aromatic heterocycles. The monoisotopic (exact) mass is 373 g/mol. The Morgan fingerprint density at radius 2 is 2.27 bits per heavy atom. The number of nitro benzene ring substituents is 1. The van der Waals surface area contributed by atoms with Gasteiger partial charge in [0, 0.05) is 41.9 Å². The average Bonchev–Trinajstić information content (AvgIpc) is 3.18. The molecule has 1 atom stereocenters. The predicted molar refractivity (Wildman–Crippen MR) is 106 cm³/mol. The highest BCUT2D eigenvalue weighted by molar-refractivity contribution is 8.14. The number of nitrogens with one attached hydrogen (secondary N) is 2. The summed E-state index contributed by atoms with van der Waals surface area (Å²) in [6.45, 7) is 6.24. The maximum absolute atomic E-state index is 10.8. The largest absolute Gasteiger partial charge is 0.346 e. The van der Waals surface area contributed by atoms with Gasteiger partial charge in [0.05, 0.1) is 11.0 Å². The van der Waals surface area contributed by atoms with Gasteiger partial charge in [0.25, 0.3) is 5.69 Å². The summed E-state index contributed by atoms with van der Waals surface area (Å²) in [7, 11) is 0. The van der Waals surface area contributed by atoms with E-state index in [0.717, 1.165) is 40.8 Å². The SMILES string of the molecule is Cc1cc([N+](=O)[O-])ccc1NC1=N[C@@H](Cc2ncc(CC(C)C)[nH]2)CS1. The minimum Gasteiger partial charge on any atom is -0.346 e. The summed E-state index contributed by atoms with van der Waals surface area (Å²) in [5.41, 5.74) is 2.95. The van der Waals surface area contributed by atoms with E-state index in [1.165, 1.54) is 11.8 Å². The number of thioether (sulfide) groups is 1. The molecule has 0 spiro atoms. The van der Waals surface area contributed by atoms with Crippen molar-refractivity contribution in [2.45, 2.75) is 39.7 Å². The molecule has 2 heterocycles. The Morgan fingerprint density at radius 3 is 2.96 bits per heavy atom. The zero-order chi connectivity index (χ0) is 18.7. The lowest BCUT2D eigenvalue weighted by Crippen LogP contribution is -2.10. The fraction of sp³-hybridized carbons (Fsp3) is 0.444. The number of nitrogens with zero attached hydrogens (tertiary/aromatic N) is 3. The van der Waals surface area contributed by atoms with Gasteiger partial charge in [0.2, 0.25) is 0 Å². The molecule has 0 saturated carbocycles. The van der Waals surface area contributed by atoms with E-state index in [0.29, 0.717) is 5.92 Å². The summed E-state index contributed by atoms with van der Waals surface area (Å²) in [6.07, 6.45) is 3.71. The second-order valence-electron chi connectivity index (χ2n) is 6.94. The summed E-state index contributed by atoms with van der Waals surface area (Å²) in [5, 5.41) is 15.0. The van der Waals surface area contributed by atoms with Gasteiger partial charge in [-0.2, -0.15) is 0 Å². The number of aryl methyl sites for hydroxylation is 1. The molecule has 1 aromatic carbocycles. The van der Waals surface area contributed by atoms with Crippen LogP contribution in [-0.2, 0) is 12.8 Å². The summed E-state index contributed by atoms with van der Waals surface area (Å²) in [6, 6.07) is 4.98. The number of aliphatic imine (C=N–C) groups is 1. The normalized spacial score (nSPS) is 16.8. The van der Waals surface area contributed by atoms with Crippen molar-refractivity contribution in [1.29, 1.82) is 0 Å². The number of amidine groups is 1. The zero-order valence-corrected chi connectivity index (χ0v) is 16.0. The smallest absolute Gasteiger partial charge is 0.269 e. The van der Waals surface area contributed by atoms with E-state index in [1.807, 2.05) is 13.1 Å². The van der Waals surface area contributed by atoms with Crippen molar-refractivity contribution >= 4 is 28.3 Å². The van der Waals surface area contributed by atoms with Gasteiger partial charge in [-0.15, -0.1) is 0 Å². The van der Waals surface area contributed by atoms with E-state index in [1.54, 1.807) is 23.9 Å². The topological polar surface area (TPSA) is 96.2 Å². The van der Waals surface area contributed by atoms with Crippen LogP contribution in [0.4, 0.5) is 11.4 Å². The molecule has 0 aliphatic carbocycles. The van der Waals surface area contributed by atoms with Gasteiger partial charge < -0.3 is 10.3 Å². The number of benzene rings is 1. The predicted octanol–water partition coefficient (Wildman–Crippen LogP) is 3.95. The quantitative estimate of drug-likeness (QED) is 0.590. The van der Waals surface area contributed by atoms with E-state index in [4.69, 9.17) is 4.99 Å². The van der Waals surface area contributed by atoms with Crippen molar-refractivity contribution in [1.82, 2.24) is 9.97 Å². The molecule has 0 radical (unpaired) electrons. The molecule has 1 aliphatic rings. The Hall–Kier alpha value is -2.35. The van der Waals surface area contributed by atoms with Crippen molar-refractivity contribution in [2.75, 3.05) is 11.1 Å². The third-order valence-electron chi connectivity index (χ3n) is 4.11. The molecule has 138 valence electrons. The maximum atomic E-state index is 10.8. The fourth-order valence-electron chi connectivity index (χ4n) is 2.88. The number of non-ortho nitro benzene ring substituents is 1. The van der Waals surface area contributed by atoms with Gasteiger partial charge in [-0.3, -0.25) is 15.1 Å². The summed E-state index contributed by atoms with van der Waals surface area (Å²) in [4.78, 5) is 23.0. The minimum absolute atomic E-state index is 0.0990. The van der Waals surface area contributed by atoms with E-state index in [-0.39, 0.29) is 16.7 Å². The molecule has 2 aromatic rings. The molecule has 1 aliphatic heterocycles. The number of H-pyrrole nitrogens is 1. The highest BCUT2D eigenvalue weighted by Gasteiger charge is 2.21. The van der Waals surface area contributed by atoms with Gasteiger partial charge in [-0.1, -0.05) is 25.6 Å². The first-order chi connectivity index (χ1) is 12.4. The Balaban J connectivity index is 1.61. The molecule has 3 rings (SSSR count). The van der Waals surface area contributed by atoms with E-state index in [9.17, 15) is 10.1 Å². The molecule has 0 bridgehead atoms. The van der Waals surface area contributed by atoms with Crippen LogP contribution in [0.3, 0.4) is 0 Å². The maximum Gasteiger partial charge on any atom is 0.269 e. The average molecular weight is 373 g/mol. The summed E-state index contributed by atoms with van der Waals surface area (Å²) in [5.74, 6) is 2.47. The number of aromatic amines is 1. The Morgan fingerprint density at radius 1 is 1.46 bits per heavy atom. The molecule has 7 nitrogen and oxygen atoms in total. The standard InChI is InChI=1S/C18H23N5O2S/c1-11(2)6-13-9-19-17(20-13)8-14-10-26-18(21-14)22-16-5-4-15(23(24)25)7-12(16)3/h4-5,7,9,11,14H,6,8,10H2,1-3H3,(H,19,20)(H,21,22)/t14-/m0/s1. The van der Waals surface area contributed by atoms with Crippen LogP contribution >= 0.6 is 11.8 Å². The van der Waals surface area contributed by atoms with Crippen LogP contribution in [-0.4, -0.2) is 31.9 Å². The van der Waals surface area contributed by atoms with Crippen LogP contribution in [0.2, 0.25) is 0 Å². The van der Waals surface area contributed by atoms with Crippen molar-refractivity contribution in [2.24, 2.45) is 10.9 Å². The van der Waals surface area contributed by atoms with Crippen LogP contribution < -0.4 is 5.32 Å². The first kappa shape index (κ1) is 18.4. The highest BCUT2D eigenvalue weighted by atomic mass is 32.2. The van der Waals surface area contributed by atoms with Crippen LogP contribution in [0, 0.1) is 23.0 Å². The Bertz CT molecular complexity index is 831. The van der Waals surface area contributed by atoms with Gasteiger partial charge in [-0.25, -0.2) is 4.98 Å². The third-order valence-corrected chi connectivity index (χ3v) is 5.15. The Kier molecular flexibility index (Phi) is 5.61. The van der Waals surface area contributed by atoms with Crippen LogP contribution in [0.15, 0.2) is 29.4 Å².